The van der Waals surface area contributed by atoms with Crippen molar-refractivity contribution in [2.75, 3.05) is 6.54 Å². The fourth-order valence-electron chi connectivity index (χ4n) is 2.50. The van der Waals surface area contributed by atoms with Crippen molar-refractivity contribution < 1.29 is 0 Å². The SMILES string of the molecule is CCCNC(CCCC(C)C)c1cc(C)nn1CC. The molecular formula is C16H31N3. The Morgan fingerprint density at radius 3 is 2.58 bits per heavy atom. The van der Waals surface area contributed by atoms with Crippen LogP contribution in [0.2, 0.25) is 0 Å². The molecule has 1 atom stereocenters. The second-order valence-electron chi connectivity index (χ2n) is 5.86. The Balaban J connectivity index is 2.70. The molecule has 0 saturated heterocycles. The quantitative estimate of drug-likeness (QED) is 0.729. The van der Waals surface area contributed by atoms with E-state index in [0.29, 0.717) is 6.04 Å². The molecule has 0 aliphatic rings. The highest BCUT2D eigenvalue weighted by molar-refractivity contribution is 5.13. The van der Waals surface area contributed by atoms with Crippen LogP contribution in [0.25, 0.3) is 0 Å². The number of hydrogen-bond acceptors (Lipinski definition) is 2. The zero-order chi connectivity index (χ0) is 14.3. The normalized spacial score (nSPS) is 13.2. The predicted octanol–water partition coefficient (Wildman–Crippen LogP) is 4.08. The molecule has 1 N–H and O–H groups in total. The van der Waals surface area contributed by atoms with Gasteiger partial charge in [-0.05, 0) is 45.2 Å². The Labute approximate surface area is 118 Å². The van der Waals surface area contributed by atoms with Crippen molar-refractivity contribution in [1.29, 1.82) is 0 Å². The Kier molecular flexibility index (Phi) is 7.14. The van der Waals surface area contributed by atoms with Crippen LogP contribution in [0.1, 0.15) is 70.8 Å². The summed E-state index contributed by atoms with van der Waals surface area (Å²) in [7, 11) is 0. The Morgan fingerprint density at radius 1 is 1.26 bits per heavy atom. The number of aromatic nitrogens is 2. The molecule has 1 unspecified atom stereocenters. The summed E-state index contributed by atoms with van der Waals surface area (Å²) >= 11 is 0. The van der Waals surface area contributed by atoms with Crippen LogP contribution >= 0.6 is 0 Å². The van der Waals surface area contributed by atoms with E-state index in [-0.39, 0.29) is 0 Å². The van der Waals surface area contributed by atoms with Crippen molar-refractivity contribution in [3.05, 3.63) is 17.5 Å². The minimum absolute atomic E-state index is 0.458. The van der Waals surface area contributed by atoms with Gasteiger partial charge >= 0.3 is 0 Å². The lowest BCUT2D eigenvalue weighted by Crippen LogP contribution is -2.25. The van der Waals surface area contributed by atoms with E-state index in [1.807, 2.05) is 0 Å². The maximum atomic E-state index is 4.58. The van der Waals surface area contributed by atoms with Crippen molar-refractivity contribution in [3.63, 3.8) is 0 Å². The van der Waals surface area contributed by atoms with Gasteiger partial charge < -0.3 is 5.32 Å². The zero-order valence-electron chi connectivity index (χ0n) is 13.4. The van der Waals surface area contributed by atoms with Gasteiger partial charge in [-0.15, -0.1) is 0 Å². The smallest absolute Gasteiger partial charge is 0.0597 e. The average Bonchev–Trinajstić information content (AvgIpc) is 2.74. The third-order valence-corrected chi connectivity index (χ3v) is 3.50. The Morgan fingerprint density at radius 2 is 2.00 bits per heavy atom. The van der Waals surface area contributed by atoms with Crippen LogP contribution in [-0.4, -0.2) is 16.3 Å². The monoisotopic (exact) mass is 265 g/mol. The molecule has 3 heteroatoms. The minimum atomic E-state index is 0.458. The molecule has 0 amide bonds. The van der Waals surface area contributed by atoms with E-state index < -0.39 is 0 Å². The maximum Gasteiger partial charge on any atom is 0.0597 e. The first-order valence-corrected chi connectivity index (χ1v) is 7.86. The first kappa shape index (κ1) is 16.2. The van der Waals surface area contributed by atoms with Crippen LogP contribution in [0, 0.1) is 12.8 Å². The van der Waals surface area contributed by atoms with Crippen molar-refractivity contribution >= 4 is 0 Å². The summed E-state index contributed by atoms with van der Waals surface area (Å²) in [6.07, 6.45) is 4.99. The first-order chi connectivity index (χ1) is 9.08. The second kappa shape index (κ2) is 8.36. The summed E-state index contributed by atoms with van der Waals surface area (Å²) in [5.41, 5.74) is 2.49. The zero-order valence-corrected chi connectivity index (χ0v) is 13.4. The molecule has 0 aliphatic heterocycles. The highest BCUT2D eigenvalue weighted by Crippen LogP contribution is 2.22. The topological polar surface area (TPSA) is 29.9 Å². The summed E-state index contributed by atoms with van der Waals surface area (Å²) in [6.45, 7) is 13.1. The van der Waals surface area contributed by atoms with E-state index in [4.69, 9.17) is 0 Å². The molecule has 3 nitrogen and oxygen atoms in total. The van der Waals surface area contributed by atoms with E-state index in [1.165, 1.54) is 31.4 Å². The van der Waals surface area contributed by atoms with Crippen LogP contribution in [0.4, 0.5) is 0 Å². The summed E-state index contributed by atoms with van der Waals surface area (Å²) in [4.78, 5) is 0. The van der Waals surface area contributed by atoms with Gasteiger partial charge in [0, 0.05) is 12.6 Å². The van der Waals surface area contributed by atoms with E-state index in [0.717, 1.165) is 24.7 Å². The third kappa shape index (κ3) is 5.35. The number of aryl methyl sites for hydroxylation is 2. The molecule has 1 rings (SSSR count). The predicted molar refractivity (Wildman–Crippen MR) is 82.4 cm³/mol. The molecule has 1 aromatic heterocycles. The number of nitrogens with zero attached hydrogens (tertiary/aromatic N) is 2. The van der Waals surface area contributed by atoms with E-state index in [9.17, 15) is 0 Å². The van der Waals surface area contributed by atoms with E-state index in [2.05, 4.69) is 55.8 Å². The van der Waals surface area contributed by atoms with E-state index in [1.54, 1.807) is 0 Å². The standard InChI is InChI=1S/C16H31N3/c1-6-11-17-15(10-8-9-13(3)4)16-12-14(5)18-19(16)7-2/h12-13,15,17H,6-11H2,1-5H3. The molecule has 0 aliphatic carbocycles. The fraction of sp³-hybridized carbons (Fsp3) is 0.812. The first-order valence-electron chi connectivity index (χ1n) is 7.86. The molecule has 110 valence electrons. The van der Waals surface area contributed by atoms with Gasteiger partial charge in [0.25, 0.3) is 0 Å². The summed E-state index contributed by atoms with van der Waals surface area (Å²) in [6, 6.07) is 2.70. The molecule has 0 radical (unpaired) electrons. The number of rotatable bonds is 9. The van der Waals surface area contributed by atoms with Crippen molar-refractivity contribution in [1.82, 2.24) is 15.1 Å². The van der Waals surface area contributed by atoms with Crippen LogP contribution in [0.15, 0.2) is 6.07 Å². The Bertz CT molecular complexity index is 355. The summed E-state index contributed by atoms with van der Waals surface area (Å²) in [5, 5.41) is 8.26. The molecule has 0 saturated carbocycles. The lowest BCUT2D eigenvalue weighted by Gasteiger charge is -2.20. The lowest BCUT2D eigenvalue weighted by molar-refractivity contribution is 0.422. The summed E-state index contributed by atoms with van der Waals surface area (Å²) in [5.74, 6) is 0.796. The third-order valence-electron chi connectivity index (χ3n) is 3.50. The van der Waals surface area contributed by atoms with Crippen LogP contribution in [0.3, 0.4) is 0 Å². The van der Waals surface area contributed by atoms with Crippen molar-refractivity contribution in [2.24, 2.45) is 5.92 Å². The number of hydrogen-bond donors (Lipinski definition) is 1. The van der Waals surface area contributed by atoms with Crippen molar-refractivity contribution in [3.8, 4) is 0 Å². The summed E-state index contributed by atoms with van der Waals surface area (Å²) < 4.78 is 2.15. The number of nitrogens with one attached hydrogen (secondary N) is 1. The van der Waals surface area contributed by atoms with E-state index >= 15 is 0 Å². The minimum Gasteiger partial charge on any atom is -0.309 e. The highest BCUT2D eigenvalue weighted by Gasteiger charge is 2.16. The van der Waals surface area contributed by atoms with Crippen LogP contribution in [-0.2, 0) is 6.54 Å². The molecule has 0 bridgehead atoms. The van der Waals surface area contributed by atoms with Gasteiger partial charge in [0.1, 0.15) is 0 Å². The molecule has 1 aromatic rings. The van der Waals surface area contributed by atoms with Gasteiger partial charge in [0.2, 0.25) is 0 Å². The van der Waals surface area contributed by atoms with Gasteiger partial charge in [-0.1, -0.05) is 33.6 Å². The van der Waals surface area contributed by atoms with Gasteiger partial charge in [-0.25, -0.2) is 0 Å². The maximum absolute atomic E-state index is 4.58. The van der Waals surface area contributed by atoms with Gasteiger partial charge in [0.05, 0.1) is 11.4 Å². The molecule has 0 fully saturated rings. The molecule has 19 heavy (non-hydrogen) atoms. The van der Waals surface area contributed by atoms with Crippen molar-refractivity contribution in [2.45, 2.75) is 72.9 Å². The van der Waals surface area contributed by atoms with Gasteiger partial charge in [0.15, 0.2) is 0 Å². The molecule has 1 heterocycles. The largest absolute Gasteiger partial charge is 0.309 e. The second-order valence-corrected chi connectivity index (χ2v) is 5.86. The highest BCUT2D eigenvalue weighted by atomic mass is 15.3. The fourth-order valence-corrected chi connectivity index (χ4v) is 2.50. The molecular weight excluding hydrogens is 234 g/mol. The van der Waals surface area contributed by atoms with Crippen LogP contribution < -0.4 is 5.32 Å². The van der Waals surface area contributed by atoms with Crippen LogP contribution in [0.5, 0.6) is 0 Å². The molecule has 0 spiro atoms. The molecule has 0 aromatic carbocycles. The van der Waals surface area contributed by atoms with Gasteiger partial charge in [-0.3, -0.25) is 4.68 Å². The average molecular weight is 265 g/mol. The lowest BCUT2D eigenvalue weighted by atomic mass is 10.0. The Hall–Kier alpha value is -0.830. The van der Waals surface area contributed by atoms with Gasteiger partial charge in [-0.2, -0.15) is 5.10 Å².